The number of rotatable bonds is 7. The molecule has 11 heteroatoms. The monoisotopic (exact) mass is 434 g/mol. The standard InChI is InChI=1S/C17H26N4O5S.ClH/c1-18(2)17(22)16-14(21(23)24)8-7-9-15(16)27(25,26)19(3)12-13-20-10-5-4-6-11-20;/h7-9H,4-6,10-13H2,1-3H3;1H. The van der Waals surface area contributed by atoms with E-state index >= 15 is 0 Å². The van der Waals surface area contributed by atoms with Crippen molar-refractivity contribution in [2.75, 3.05) is 47.3 Å². The number of carbonyl (C=O) groups is 1. The van der Waals surface area contributed by atoms with Crippen molar-refractivity contribution in [3.63, 3.8) is 0 Å². The summed E-state index contributed by atoms with van der Waals surface area (Å²) >= 11 is 0. The SMILES string of the molecule is CN(C)C(=O)c1c([N+](=O)[O-])cccc1S(=O)(=O)N(C)CCN1CCCCC1.Cl. The van der Waals surface area contributed by atoms with Crippen molar-refractivity contribution in [3.8, 4) is 0 Å². The number of nitrogens with zero attached hydrogens (tertiary/aromatic N) is 4. The van der Waals surface area contributed by atoms with Crippen LogP contribution in [0.5, 0.6) is 0 Å². The average molecular weight is 435 g/mol. The number of piperidine rings is 1. The van der Waals surface area contributed by atoms with Gasteiger partial charge in [0.15, 0.2) is 0 Å². The molecule has 0 aromatic heterocycles. The van der Waals surface area contributed by atoms with Gasteiger partial charge in [-0.2, -0.15) is 4.31 Å². The highest BCUT2D eigenvalue weighted by atomic mass is 35.5. The first kappa shape index (κ1) is 24.3. The Morgan fingerprint density at radius 1 is 1.18 bits per heavy atom. The highest BCUT2D eigenvalue weighted by Crippen LogP contribution is 2.28. The minimum Gasteiger partial charge on any atom is -0.345 e. The van der Waals surface area contributed by atoms with Gasteiger partial charge in [0.1, 0.15) is 10.5 Å². The van der Waals surface area contributed by atoms with Crippen molar-refractivity contribution in [2.24, 2.45) is 0 Å². The molecule has 1 saturated heterocycles. The summed E-state index contributed by atoms with van der Waals surface area (Å²) < 4.78 is 27.2. The zero-order valence-electron chi connectivity index (χ0n) is 16.3. The molecule has 1 heterocycles. The lowest BCUT2D eigenvalue weighted by atomic mass is 10.1. The lowest BCUT2D eigenvalue weighted by molar-refractivity contribution is -0.385. The molecule has 158 valence electrons. The molecule has 2 rings (SSSR count). The molecule has 0 atom stereocenters. The quantitative estimate of drug-likeness (QED) is 0.479. The van der Waals surface area contributed by atoms with E-state index in [1.165, 1.54) is 39.7 Å². The number of amides is 1. The molecule has 1 amide bonds. The van der Waals surface area contributed by atoms with Crippen LogP contribution < -0.4 is 0 Å². The Labute approximate surface area is 171 Å². The lowest BCUT2D eigenvalue weighted by Crippen LogP contribution is -2.39. The van der Waals surface area contributed by atoms with Crippen LogP contribution in [0.3, 0.4) is 0 Å². The number of benzene rings is 1. The minimum absolute atomic E-state index is 0. The normalized spacial score (nSPS) is 15.1. The summed E-state index contributed by atoms with van der Waals surface area (Å²) in [6, 6.07) is 3.68. The summed E-state index contributed by atoms with van der Waals surface area (Å²) in [6.07, 6.45) is 3.39. The van der Waals surface area contributed by atoms with E-state index in [-0.39, 0.29) is 23.8 Å². The number of hydrogen-bond acceptors (Lipinski definition) is 6. The molecule has 0 aliphatic carbocycles. The van der Waals surface area contributed by atoms with E-state index in [2.05, 4.69) is 4.90 Å². The fourth-order valence-corrected chi connectivity index (χ4v) is 4.44. The van der Waals surface area contributed by atoms with Crippen molar-refractivity contribution in [1.82, 2.24) is 14.1 Å². The molecule has 0 saturated carbocycles. The summed E-state index contributed by atoms with van der Waals surface area (Å²) in [5.41, 5.74) is -0.920. The van der Waals surface area contributed by atoms with Crippen molar-refractivity contribution < 1.29 is 18.1 Å². The number of halogens is 1. The number of nitro benzene ring substituents is 1. The van der Waals surface area contributed by atoms with Crippen LogP contribution in [-0.4, -0.2) is 80.7 Å². The van der Waals surface area contributed by atoms with E-state index in [0.717, 1.165) is 41.2 Å². The molecule has 28 heavy (non-hydrogen) atoms. The van der Waals surface area contributed by atoms with Gasteiger partial charge in [-0.05, 0) is 32.0 Å². The number of likely N-dealkylation sites (N-methyl/N-ethyl adjacent to an activating group) is 1. The van der Waals surface area contributed by atoms with Gasteiger partial charge in [-0.1, -0.05) is 12.5 Å². The van der Waals surface area contributed by atoms with Crippen molar-refractivity contribution in [2.45, 2.75) is 24.2 Å². The van der Waals surface area contributed by atoms with Gasteiger partial charge in [-0.3, -0.25) is 14.9 Å². The van der Waals surface area contributed by atoms with Gasteiger partial charge in [0.25, 0.3) is 11.6 Å². The first-order chi connectivity index (χ1) is 12.7. The number of sulfonamides is 1. The second-order valence-corrected chi connectivity index (χ2v) is 8.85. The van der Waals surface area contributed by atoms with Gasteiger partial charge < -0.3 is 9.80 Å². The molecular weight excluding hydrogens is 408 g/mol. The molecule has 0 bridgehead atoms. The van der Waals surface area contributed by atoms with Crippen LogP contribution in [0.2, 0.25) is 0 Å². The Kier molecular flexibility index (Phi) is 8.80. The molecule has 0 spiro atoms. The van der Waals surface area contributed by atoms with Gasteiger partial charge in [0.05, 0.1) is 4.92 Å². The zero-order valence-corrected chi connectivity index (χ0v) is 18.0. The summed E-state index contributed by atoms with van der Waals surface area (Å²) in [6.45, 7) is 2.71. The summed E-state index contributed by atoms with van der Waals surface area (Å²) in [4.78, 5) is 26.1. The third kappa shape index (κ3) is 5.40. The maximum atomic E-state index is 13.0. The Hall–Kier alpha value is -1.75. The second-order valence-electron chi connectivity index (χ2n) is 6.84. The fourth-order valence-electron chi connectivity index (χ4n) is 3.08. The molecule has 1 aromatic rings. The van der Waals surface area contributed by atoms with Crippen LogP contribution in [0, 0.1) is 10.1 Å². The molecule has 9 nitrogen and oxygen atoms in total. The molecule has 1 aliphatic heterocycles. The van der Waals surface area contributed by atoms with E-state index in [1.807, 2.05) is 0 Å². The van der Waals surface area contributed by atoms with Crippen LogP contribution in [0.25, 0.3) is 0 Å². The maximum absolute atomic E-state index is 13.0. The molecular formula is C17H27ClN4O5S. The smallest absolute Gasteiger partial charge is 0.283 e. The summed E-state index contributed by atoms with van der Waals surface area (Å²) in [5.74, 6) is -0.717. The minimum atomic E-state index is -4.05. The van der Waals surface area contributed by atoms with Crippen LogP contribution in [-0.2, 0) is 10.0 Å². The molecule has 0 unspecified atom stereocenters. The largest absolute Gasteiger partial charge is 0.345 e. The molecule has 0 radical (unpaired) electrons. The average Bonchev–Trinajstić information content (AvgIpc) is 2.65. The van der Waals surface area contributed by atoms with Gasteiger partial charge >= 0.3 is 0 Å². The number of likely N-dealkylation sites (tertiary alicyclic amines) is 1. The molecule has 0 N–H and O–H groups in total. The lowest BCUT2D eigenvalue weighted by Gasteiger charge is -2.28. The third-order valence-electron chi connectivity index (χ3n) is 4.69. The van der Waals surface area contributed by atoms with E-state index in [1.54, 1.807) is 0 Å². The topological polar surface area (TPSA) is 104 Å². The van der Waals surface area contributed by atoms with Crippen molar-refractivity contribution in [1.29, 1.82) is 0 Å². The zero-order chi connectivity index (χ0) is 20.2. The first-order valence-corrected chi connectivity index (χ1v) is 10.3. The Bertz CT molecular complexity index is 810. The van der Waals surface area contributed by atoms with Crippen LogP contribution in [0.1, 0.15) is 29.6 Å². The molecule has 1 aliphatic rings. The Morgan fingerprint density at radius 2 is 1.79 bits per heavy atom. The predicted molar refractivity (Wildman–Crippen MR) is 108 cm³/mol. The number of hydrogen-bond donors (Lipinski definition) is 0. The summed E-state index contributed by atoms with van der Waals surface area (Å²) in [5, 5.41) is 11.3. The van der Waals surface area contributed by atoms with Crippen LogP contribution in [0.15, 0.2) is 23.1 Å². The van der Waals surface area contributed by atoms with E-state index in [0.29, 0.717) is 6.54 Å². The Morgan fingerprint density at radius 3 is 2.32 bits per heavy atom. The fraction of sp³-hybridized carbons (Fsp3) is 0.588. The van der Waals surface area contributed by atoms with Gasteiger partial charge in [0.2, 0.25) is 10.0 Å². The van der Waals surface area contributed by atoms with Crippen molar-refractivity contribution >= 4 is 34.0 Å². The summed E-state index contributed by atoms with van der Waals surface area (Å²) in [7, 11) is 0.235. The second kappa shape index (κ2) is 10.1. The van der Waals surface area contributed by atoms with Crippen LogP contribution in [0.4, 0.5) is 5.69 Å². The third-order valence-corrected chi connectivity index (χ3v) is 6.59. The number of carbonyl (C=O) groups excluding carboxylic acids is 1. The van der Waals surface area contributed by atoms with Gasteiger partial charge in [0, 0.05) is 40.3 Å². The van der Waals surface area contributed by atoms with E-state index in [4.69, 9.17) is 0 Å². The maximum Gasteiger partial charge on any atom is 0.283 e. The molecule has 1 aromatic carbocycles. The van der Waals surface area contributed by atoms with E-state index in [9.17, 15) is 23.3 Å². The van der Waals surface area contributed by atoms with Gasteiger partial charge in [-0.25, -0.2) is 8.42 Å². The van der Waals surface area contributed by atoms with Crippen molar-refractivity contribution in [3.05, 3.63) is 33.9 Å². The Balaban J connectivity index is 0.00000392. The van der Waals surface area contributed by atoms with Crippen LogP contribution >= 0.6 is 12.4 Å². The first-order valence-electron chi connectivity index (χ1n) is 8.84. The van der Waals surface area contributed by atoms with E-state index < -0.39 is 32.1 Å². The highest BCUT2D eigenvalue weighted by Gasteiger charge is 2.33. The van der Waals surface area contributed by atoms with Gasteiger partial charge in [-0.15, -0.1) is 12.4 Å². The number of nitro groups is 1. The molecule has 1 fully saturated rings. The predicted octanol–water partition coefficient (Wildman–Crippen LogP) is 1.82. The highest BCUT2D eigenvalue weighted by molar-refractivity contribution is 7.89.